The van der Waals surface area contributed by atoms with Crippen molar-refractivity contribution in [1.29, 1.82) is 0 Å². The number of rotatable bonds is 1. The summed E-state index contributed by atoms with van der Waals surface area (Å²) in [6.45, 7) is 4.40. The molecule has 0 aliphatic carbocycles. The number of aromatic nitrogens is 1. The van der Waals surface area contributed by atoms with Gasteiger partial charge in [-0.1, -0.05) is 11.6 Å². The average Bonchev–Trinajstić information content (AvgIpc) is 2.15. The van der Waals surface area contributed by atoms with Crippen molar-refractivity contribution < 1.29 is 4.79 Å². The van der Waals surface area contributed by atoms with Crippen LogP contribution in [-0.2, 0) is 4.79 Å². The van der Waals surface area contributed by atoms with Crippen LogP contribution in [0.25, 0.3) is 0 Å². The van der Waals surface area contributed by atoms with Crippen molar-refractivity contribution in [2.75, 3.05) is 16.8 Å². The van der Waals surface area contributed by atoms with E-state index in [-0.39, 0.29) is 11.9 Å². The first-order valence-corrected chi connectivity index (χ1v) is 5.18. The lowest BCUT2D eigenvalue weighted by molar-refractivity contribution is -0.115. The largest absolute Gasteiger partial charge is 0.343 e. The van der Waals surface area contributed by atoms with E-state index in [0.29, 0.717) is 17.3 Å². The Labute approximate surface area is 93.2 Å². The average molecular weight is 226 g/mol. The number of pyridine rings is 1. The lowest BCUT2D eigenvalue weighted by Gasteiger charge is -2.32. The minimum atomic E-state index is -0.0275. The summed E-state index contributed by atoms with van der Waals surface area (Å²) >= 11 is 5.82. The fourth-order valence-electron chi connectivity index (χ4n) is 1.60. The van der Waals surface area contributed by atoms with Gasteiger partial charge < -0.3 is 10.2 Å². The molecule has 1 amide bonds. The van der Waals surface area contributed by atoms with Gasteiger partial charge in [-0.15, -0.1) is 0 Å². The number of halogens is 1. The van der Waals surface area contributed by atoms with E-state index in [1.54, 1.807) is 12.3 Å². The third-order valence-corrected chi connectivity index (χ3v) is 2.52. The molecule has 15 heavy (non-hydrogen) atoms. The zero-order valence-corrected chi connectivity index (χ0v) is 9.38. The third-order valence-electron chi connectivity index (χ3n) is 2.32. The van der Waals surface area contributed by atoms with Crippen LogP contribution in [0.2, 0.25) is 5.02 Å². The van der Waals surface area contributed by atoms with Gasteiger partial charge in [0, 0.05) is 12.2 Å². The number of anilines is 2. The number of amides is 1. The van der Waals surface area contributed by atoms with Crippen LogP contribution in [0.4, 0.5) is 11.5 Å². The summed E-state index contributed by atoms with van der Waals surface area (Å²) in [6.07, 6.45) is 1.59. The molecule has 0 saturated heterocycles. The number of nitrogens with zero attached hydrogens (tertiary/aromatic N) is 2. The zero-order chi connectivity index (χ0) is 11.0. The van der Waals surface area contributed by atoms with Gasteiger partial charge in [0.2, 0.25) is 5.91 Å². The van der Waals surface area contributed by atoms with E-state index in [1.165, 1.54) is 0 Å². The van der Waals surface area contributed by atoms with Crippen LogP contribution in [0.15, 0.2) is 12.3 Å². The highest BCUT2D eigenvalue weighted by Gasteiger charge is 2.25. The van der Waals surface area contributed by atoms with Crippen molar-refractivity contribution in [1.82, 2.24) is 4.98 Å². The van der Waals surface area contributed by atoms with Crippen LogP contribution in [0.5, 0.6) is 0 Å². The molecule has 0 radical (unpaired) electrons. The van der Waals surface area contributed by atoms with Gasteiger partial charge in [0.05, 0.1) is 17.3 Å². The topological polar surface area (TPSA) is 45.2 Å². The lowest BCUT2D eigenvalue weighted by Crippen LogP contribution is -2.42. The highest BCUT2D eigenvalue weighted by molar-refractivity contribution is 6.31. The van der Waals surface area contributed by atoms with Crippen molar-refractivity contribution in [3.8, 4) is 0 Å². The van der Waals surface area contributed by atoms with Crippen LogP contribution in [0.3, 0.4) is 0 Å². The number of nitrogens with one attached hydrogen (secondary N) is 1. The Balaban J connectivity index is 2.46. The first kappa shape index (κ1) is 10.2. The Hall–Kier alpha value is -1.29. The second-order valence-corrected chi connectivity index (χ2v) is 4.23. The molecule has 0 fully saturated rings. The Morgan fingerprint density at radius 1 is 1.60 bits per heavy atom. The summed E-state index contributed by atoms with van der Waals surface area (Å²) in [4.78, 5) is 17.6. The quantitative estimate of drug-likeness (QED) is 0.794. The molecule has 0 bridgehead atoms. The number of fused-ring (bicyclic) bond motifs is 1. The number of carbonyl (C=O) groups excluding carboxylic acids is 1. The second-order valence-electron chi connectivity index (χ2n) is 3.79. The maximum atomic E-state index is 11.4. The SMILES string of the molecule is CC(C)N1CC(=O)Nc2cc(Cl)cnc21. The summed E-state index contributed by atoms with van der Waals surface area (Å²) < 4.78 is 0. The summed E-state index contributed by atoms with van der Waals surface area (Å²) in [5, 5.41) is 3.29. The number of hydrogen-bond donors (Lipinski definition) is 1. The molecule has 5 heteroatoms. The monoisotopic (exact) mass is 225 g/mol. The molecule has 1 aliphatic rings. The minimum Gasteiger partial charge on any atom is -0.343 e. The van der Waals surface area contributed by atoms with Gasteiger partial charge >= 0.3 is 0 Å². The van der Waals surface area contributed by atoms with Crippen molar-refractivity contribution in [2.24, 2.45) is 0 Å². The smallest absolute Gasteiger partial charge is 0.244 e. The van der Waals surface area contributed by atoms with Gasteiger partial charge in [-0.3, -0.25) is 4.79 Å². The van der Waals surface area contributed by atoms with Crippen molar-refractivity contribution in [3.63, 3.8) is 0 Å². The predicted molar refractivity (Wildman–Crippen MR) is 60.4 cm³/mol. The fraction of sp³-hybridized carbons (Fsp3) is 0.400. The Morgan fingerprint density at radius 2 is 2.33 bits per heavy atom. The van der Waals surface area contributed by atoms with Gasteiger partial charge in [0.25, 0.3) is 0 Å². The van der Waals surface area contributed by atoms with Crippen molar-refractivity contribution in [3.05, 3.63) is 17.3 Å². The van der Waals surface area contributed by atoms with E-state index < -0.39 is 0 Å². The van der Waals surface area contributed by atoms with E-state index in [1.807, 2.05) is 18.7 Å². The van der Waals surface area contributed by atoms with Gasteiger partial charge in [-0.05, 0) is 19.9 Å². The summed E-state index contributed by atoms with van der Waals surface area (Å²) in [5.74, 6) is 0.759. The minimum absolute atomic E-state index is 0.0275. The van der Waals surface area contributed by atoms with Gasteiger partial charge in [0.1, 0.15) is 0 Å². The Morgan fingerprint density at radius 3 is 3.00 bits per heavy atom. The Bertz CT molecular complexity index is 406. The van der Waals surface area contributed by atoms with E-state index >= 15 is 0 Å². The van der Waals surface area contributed by atoms with E-state index in [2.05, 4.69) is 10.3 Å². The van der Waals surface area contributed by atoms with Crippen LogP contribution in [-0.4, -0.2) is 23.5 Å². The van der Waals surface area contributed by atoms with Crippen molar-refractivity contribution >= 4 is 29.0 Å². The van der Waals surface area contributed by atoms with Crippen LogP contribution in [0, 0.1) is 0 Å². The van der Waals surface area contributed by atoms with E-state index in [0.717, 1.165) is 5.82 Å². The summed E-state index contributed by atoms with van der Waals surface area (Å²) in [5.41, 5.74) is 0.687. The van der Waals surface area contributed by atoms with Crippen LogP contribution < -0.4 is 10.2 Å². The summed E-state index contributed by atoms with van der Waals surface area (Å²) in [6, 6.07) is 1.96. The molecular formula is C10H12ClN3O. The van der Waals surface area contributed by atoms with E-state index in [4.69, 9.17) is 11.6 Å². The third kappa shape index (κ3) is 1.90. The zero-order valence-electron chi connectivity index (χ0n) is 8.62. The number of carbonyl (C=O) groups is 1. The van der Waals surface area contributed by atoms with Crippen molar-refractivity contribution in [2.45, 2.75) is 19.9 Å². The molecule has 2 heterocycles. The lowest BCUT2D eigenvalue weighted by atomic mass is 10.2. The first-order chi connectivity index (χ1) is 7.08. The first-order valence-electron chi connectivity index (χ1n) is 4.80. The Kier molecular flexibility index (Phi) is 2.52. The second kappa shape index (κ2) is 3.70. The highest BCUT2D eigenvalue weighted by atomic mass is 35.5. The molecule has 1 N–H and O–H groups in total. The maximum absolute atomic E-state index is 11.4. The van der Waals surface area contributed by atoms with Crippen LogP contribution in [0.1, 0.15) is 13.8 Å². The molecule has 4 nitrogen and oxygen atoms in total. The highest BCUT2D eigenvalue weighted by Crippen LogP contribution is 2.30. The normalized spacial score (nSPS) is 15.2. The molecule has 0 spiro atoms. The molecule has 1 aliphatic heterocycles. The molecule has 1 aromatic rings. The van der Waals surface area contributed by atoms with Gasteiger partial charge in [0.15, 0.2) is 5.82 Å². The molecular weight excluding hydrogens is 214 g/mol. The molecule has 0 aromatic carbocycles. The van der Waals surface area contributed by atoms with E-state index in [9.17, 15) is 4.79 Å². The predicted octanol–water partition coefficient (Wildman–Crippen LogP) is 1.90. The molecule has 1 aromatic heterocycles. The standard InChI is InChI=1S/C10H12ClN3O/c1-6(2)14-5-9(15)13-8-3-7(11)4-12-10(8)14/h3-4,6H,5H2,1-2H3,(H,13,15). The van der Waals surface area contributed by atoms with Gasteiger partial charge in [-0.25, -0.2) is 4.98 Å². The summed E-state index contributed by atoms with van der Waals surface area (Å²) in [7, 11) is 0. The molecule has 0 saturated carbocycles. The number of hydrogen-bond acceptors (Lipinski definition) is 3. The maximum Gasteiger partial charge on any atom is 0.244 e. The molecule has 0 unspecified atom stereocenters. The van der Waals surface area contributed by atoms with Gasteiger partial charge in [-0.2, -0.15) is 0 Å². The molecule has 2 rings (SSSR count). The molecule has 0 atom stereocenters. The van der Waals surface area contributed by atoms with Crippen LogP contribution >= 0.6 is 11.6 Å². The fourth-order valence-corrected chi connectivity index (χ4v) is 1.76. The molecule has 80 valence electrons.